The van der Waals surface area contributed by atoms with Crippen LogP contribution < -0.4 is 9.64 Å². The van der Waals surface area contributed by atoms with Crippen LogP contribution in [-0.4, -0.2) is 66.7 Å². The van der Waals surface area contributed by atoms with Crippen molar-refractivity contribution < 1.29 is 19.1 Å². The molecule has 2 aromatic rings. The number of para-hydroxylation sites is 1. The highest BCUT2D eigenvalue weighted by Gasteiger charge is 2.37. The maximum Gasteiger partial charge on any atom is 0.294 e. The smallest absolute Gasteiger partial charge is 0.294 e. The Labute approximate surface area is 223 Å². The third kappa shape index (κ3) is 5.48. The van der Waals surface area contributed by atoms with Gasteiger partial charge in [-0.05, 0) is 87.3 Å². The lowest BCUT2D eigenvalue weighted by atomic mass is 10.2. The van der Waals surface area contributed by atoms with E-state index >= 15 is 0 Å². The van der Waals surface area contributed by atoms with Crippen LogP contribution in [0.25, 0.3) is 6.08 Å². The second-order valence-corrected chi connectivity index (χ2v) is 10.9. The van der Waals surface area contributed by atoms with Crippen molar-refractivity contribution in [1.29, 1.82) is 0 Å². The zero-order chi connectivity index (χ0) is 23.5. The highest BCUT2D eigenvalue weighted by atomic mass is 127. The largest absolute Gasteiger partial charge is 0.495 e. The van der Waals surface area contributed by atoms with Crippen molar-refractivity contribution in [3.05, 3.63) is 60.1 Å². The summed E-state index contributed by atoms with van der Waals surface area (Å²) in [6.45, 7) is 2.29. The fourth-order valence-electron chi connectivity index (χ4n) is 3.77. The van der Waals surface area contributed by atoms with E-state index in [1.54, 1.807) is 18.1 Å². The average Bonchev–Trinajstić information content (AvgIpc) is 3.07. The van der Waals surface area contributed by atoms with E-state index in [1.165, 1.54) is 0 Å². The second kappa shape index (κ2) is 10.6. The highest BCUT2D eigenvalue weighted by Crippen LogP contribution is 2.36. The minimum Gasteiger partial charge on any atom is -0.495 e. The molecule has 0 radical (unpaired) electrons. The van der Waals surface area contributed by atoms with E-state index in [9.17, 15) is 14.4 Å². The van der Waals surface area contributed by atoms with Crippen molar-refractivity contribution in [3.8, 4) is 5.75 Å². The third-order valence-corrected chi connectivity index (χ3v) is 7.78. The SMILES string of the molecule is COc1c(I)cc(I)cc1/C=C1/SC(=O)N(CC(=O)N2CCN(c3ccccc3)CC2)C1=O. The van der Waals surface area contributed by atoms with Crippen molar-refractivity contribution in [2.75, 3.05) is 44.7 Å². The molecule has 33 heavy (non-hydrogen) atoms. The van der Waals surface area contributed by atoms with Crippen molar-refractivity contribution in [2.45, 2.75) is 0 Å². The molecule has 2 aliphatic heterocycles. The van der Waals surface area contributed by atoms with Gasteiger partial charge in [0.1, 0.15) is 12.3 Å². The lowest BCUT2D eigenvalue weighted by Crippen LogP contribution is -2.51. The van der Waals surface area contributed by atoms with Crippen LogP contribution in [0.3, 0.4) is 0 Å². The quantitative estimate of drug-likeness (QED) is 0.345. The first-order chi connectivity index (χ1) is 15.9. The molecule has 0 spiro atoms. The van der Waals surface area contributed by atoms with Crippen molar-refractivity contribution in [3.63, 3.8) is 0 Å². The number of piperazine rings is 1. The van der Waals surface area contributed by atoms with Crippen molar-refractivity contribution >= 4 is 85.8 Å². The number of anilines is 1. The minimum atomic E-state index is -0.447. The van der Waals surface area contributed by atoms with E-state index in [1.807, 2.05) is 42.5 Å². The number of halogens is 2. The monoisotopic (exact) mass is 689 g/mol. The number of imide groups is 1. The summed E-state index contributed by atoms with van der Waals surface area (Å²) in [7, 11) is 1.57. The molecular weight excluding hydrogens is 668 g/mol. The number of benzene rings is 2. The highest BCUT2D eigenvalue weighted by molar-refractivity contribution is 14.1. The molecule has 10 heteroatoms. The molecule has 0 aliphatic carbocycles. The van der Waals surface area contributed by atoms with Crippen LogP contribution in [0.5, 0.6) is 5.75 Å². The van der Waals surface area contributed by atoms with Gasteiger partial charge in [0.2, 0.25) is 5.91 Å². The summed E-state index contributed by atoms with van der Waals surface area (Å²) in [6, 6.07) is 13.9. The molecule has 2 saturated heterocycles. The first kappa shape index (κ1) is 24.3. The average molecular weight is 689 g/mol. The van der Waals surface area contributed by atoms with Gasteiger partial charge in [0.15, 0.2) is 0 Å². The van der Waals surface area contributed by atoms with Gasteiger partial charge >= 0.3 is 0 Å². The van der Waals surface area contributed by atoms with Crippen LogP contribution in [0, 0.1) is 7.14 Å². The Morgan fingerprint density at radius 3 is 2.45 bits per heavy atom. The van der Waals surface area contributed by atoms with Crippen LogP contribution in [0.15, 0.2) is 47.4 Å². The molecule has 0 bridgehead atoms. The number of hydrogen-bond donors (Lipinski definition) is 0. The summed E-state index contributed by atoms with van der Waals surface area (Å²) in [5.74, 6) is -0.0139. The molecule has 0 N–H and O–H groups in total. The maximum absolute atomic E-state index is 12.9. The lowest BCUT2D eigenvalue weighted by molar-refractivity contribution is -0.136. The third-order valence-electron chi connectivity index (χ3n) is 5.45. The molecule has 0 unspecified atom stereocenters. The predicted molar refractivity (Wildman–Crippen MR) is 146 cm³/mol. The molecule has 172 valence electrons. The Bertz CT molecular complexity index is 1120. The number of amides is 3. The maximum atomic E-state index is 12.9. The summed E-state index contributed by atoms with van der Waals surface area (Å²) in [5.41, 5.74) is 1.85. The molecule has 3 amide bonds. The summed E-state index contributed by atoms with van der Waals surface area (Å²) < 4.78 is 7.38. The van der Waals surface area contributed by atoms with Gasteiger partial charge in [-0.2, -0.15) is 0 Å². The molecule has 2 fully saturated rings. The molecule has 0 saturated carbocycles. The standard InChI is InChI=1S/C23H21I2N3O4S/c1-32-21-15(11-16(24)13-18(21)25)12-19-22(30)28(23(31)33-19)14-20(29)27-9-7-26(8-10-27)17-5-3-2-4-6-17/h2-6,11-13H,7-10,14H2,1H3/b19-12+. The van der Waals surface area contributed by atoms with E-state index in [0.29, 0.717) is 31.9 Å². The van der Waals surface area contributed by atoms with E-state index in [0.717, 1.165) is 35.1 Å². The van der Waals surface area contributed by atoms with Gasteiger partial charge in [-0.3, -0.25) is 19.3 Å². The first-order valence-electron chi connectivity index (χ1n) is 10.2. The molecule has 2 aromatic carbocycles. The number of nitrogens with zero attached hydrogens (tertiary/aromatic N) is 3. The van der Waals surface area contributed by atoms with Gasteiger partial charge in [-0.15, -0.1) is 0 Å². The second-order valence-electron chi connectivity index (χ2n) is 7.48. The topological polar surface area (TPSA) is 70.2 Å². The van der Waals surface area contributed by atoms with Crippen LogP contribution in [0.2, 0.25) is 0 Å². The van der Waals surface area contributed by atoms with Crippen LogP contribution in [0.4, 0.5) is 10.5 Å². The summed E-state index contributed by atoms with van der Waals surface area (Å²) >= 11 is 5.23. The van der Waals surface area contributed by atoms with E-state index < -0.39 is 11.1 Å². The Morgan fingerprint density at radius 1 is 1.09 bits per heavy atom. The fraction of sp³-hybridized carbons (Fsp3) is 0.261. The van der Waals surface area contributed by atoms with Crippen LogP contribution in [0.1, 0.15) is 5.56 Å². The number of hydrogen-bond acceptors (Lipinski definition) is 6. The summed E-state index contributed by atoms with van der Waals surface area (Å²) in [4.78, 5) is 43.6. The zero-order valence-electron chi connectivity index (χ0n) is 17.8. The van der Waals surface area contributed by atoms with Gasteiger partial charge in [0.05, 0.1) is 15.6 Å². The van der Waals surface area contributed by atoms with Gasteiger partial charge in [-0.25, -0.2) is 0 Å². The molecule has 2 aliphatic rings. The molecule has 2 heterocycles. The number of thioether (sulfide) groups is 1. The Hall–Kier alpha value is -1.80. The molecule has 0 atom stereocenters. The number of carbonyl (C=O) groups excluding carboxylic acids is 3. The Kier molecular flexibility index (Phi) is 7.84. The van der Waals surface area contributed by atoms with Gasteiger partial charge < -0.3 is 14.5 Å². The number of methoxy groups -OCH3 is 1. The van der Waals surface area contributed by atoms with Gasteiger partial charge in [-0.1, -0.05) is 18.2 Å². The predicted octanol–water partition coefficient (Wildman–Crippen LogP) is 4.29. The zero-order valence-corrected chi connectivity index (χ0v) is 22.9. The number of rotatable bonds is 5. The normalized spacial score (nSPS) is 17.8. The fourth-order valence-corrected chi connectivity index (χ4v) is 6.71. The Balaban J connectivity index is 1.42. The van der Waals surface area contributed by atoms with E-state index in [4.69, 9.17) is 4.74 Å². The van der Waals surface area contributed by atoms with Crippen molar-refractivity contribution in [2.24, 2.45) is 0 Å². The molecule has 4 rings (SSSR count). The number of carbonyl (C=O) groups is 3. The Morgan fingerprint density at radius 2 is 1.79 bits per heavy atom. The van der Waals surface area contributed by atoms with Crippen molar-refractivity contribution in [1.82, 2.24) is 9.80 Å². The first-order valence-corrected chi connectivity index (χ1v) is 13.2. The van der Waals surface area contributed by atoms with E-state index in [2.05, 4.69) is 50.1 Å². The van der Waals surface area contributed by atoms with Crippen LogP contribution in [-0.2, 0) is 9.59 Å². The van der Waals surface area contributed by atoms with Gasteiger partial charge in [0, 0.05) is 41.0 Å². The molecular formula is C23H21I2N3O4S. The molecule has 7 nitrogen and oxygen atoms in total. The molecule has 0 aromatic heterocycles. The number of ether oxygens (including phenoxy) is 1. The van der Waals surface area contributed by atoms with Crippen LogP contribution >= 0.6 is 56.9 Å². The lowest BCUT2D eigenvalue weighted by Gasteiger charge is -2.36. The minimum absolute atomic E-state index is 0.215. The summed E-state index contributed by atoms with van der Waals surface area (Å²) in [6.07, 6.45) is 1.66. The van der Waals surface area contributed by atoms with Gasteiger partial charge in [0.25, 0.3) is 11.1 Å². The van der Waals surface area contributed by atoms with E-state index in [-0.39, 0.29) is 17.4 Å². The summed E-state index contributed by atoms with van der Waals surface area (Å²) in [5, 5.41) is -0.429.